The molecule has 0 saturated carbocycles. The number of aromatic nitrogens is 2. The van der Waals surface area contributed by atoms with Crippen LogP contribution in [0.3, 0.4) is 0 Å². The number of anilines is 2. The molecule has 0 aliphatic carbocycles. The molecule has 0 aliphatic heterocycles. The Labute approximate surface area is 153 Å². The van der Waals surface area contributed by atoms with Gasteiger partial charge in [0.15, 0.2) is 0 Å². The van der Waals surface area contributed by atoms with Crippen LogP contribution in [0.15, 0.2) is 53.4 Å². The Hall–Kier alpha value is -2.85. The number of hydrogen-bond acceptors (Lipinski definition) is 6. The van der Waals surface area contributed by atoms with E-state index in [2.05, 4.69) is 20.2 Å². The summed E-state index contributed by atoms with van der Waals surface area (Å²) in [6, 6.07) is 11.4. The second-order valence-corrected chi connectivity index (χ2v) is 7.89. The standard InChI is InChI=1S/C16H13FN4O3S2/c1-10(22)18-13-6-8-14(9-7-13)26(23,24)21-16-20-19-15(25-16)11-2-4-12(17)5-3-11/h2-9H,1H3,(H,18,22)(H,20,21). The molecule has 0 unspecified atom stereocenters. The van der Waals surface area contributed by atoms with Crippen LogP contribution in [0.5, 0.6) is 0 Å². The van der Waals surface area contributed by atoms with E-state index in [-0.39, 0.29) is 21.8 Å². The average molecular weight is 392 g/mol. The molecule has 26 heavy (non-hydrogen) atoms. The highest BCUT2D eigenvalue weighted by molar-refractivity contribution is 7.93. The Morgan fingerprint density at radius 2 is 1.69 bits per heavy atom. The van der Waals surface area contributed by atoms with E-state index in [1.807, 2.05) is 0 Å². The van der Waals surface area contributed by atoms with Crippen molar-refractivity contribution in [3.63, 3.8) is 0 Å². The highest BCUT2D eigenvalue weighted by Crippen LogP contribution is 2.28. The van der Waals surface area contributed by atoms with Gasteiger partial charge in [-0.15, -0.1) is 10.2 Å². The van der Waals surface area contributed by atoms with E-state index in [0.717, 1.165) is 11.3 Å². The summed E-state index contributed by atoms with van der Waals surface area (Å²) in [5.74, 6) is -0.622. The molecule has 3 rings (SSSR count). The molecule has 0 aliphatic rings. The highest BCUT2D eigenvalue weighted by atomic mass is 32.2. The third-order valence-electron chi connectivity index (χ3n) is 3.22. The summed E-state index contributed by atoms with van der Waals surface area (Å²) < 4.78 is 40.2. The SMILES string of the molecule is CC(=O)Nc1ccc(S(=O)(=O)Nc2nnc(-c3ccc(F)cc3)s2)cc1. The van der Waals surface area contributed by atoms with Gasteiger partial charge in [-0.2, -0.15) is 0 Å². The normalized spacial score (nSPS) is 11.2. The van der Waals surface area contributed by atoms with Crippen molar-refractivity contribution in [2.24, 2.45) is 0 Å². The van der Waals surface area contributed by atoms with Crippen LogP contribution in [0, 0.1) is 5.82 Å². The van der Waals surface area contributed by atoms with Gasteiger partial charge in [-0.1, -0.05) is 11.3 Å². The number of halogens is 1. The van der Waals surface area contributed by atoms with Gasteiger partial charge in [0, 0.05) is 18.2 Å². The maximum atomic E-state index is 13.0. The van der Waals surface area contributed by atoms with Crippen molar-refractivity contribution in [2.45, 2.75) is 11.8 Å². The number of carbonyl (C=O) groups is 1. The molecule has 3 aromatic rings. The molecule has 2 N–H and O–H groups in total. The van der Waals surface area contributed by atoms with Gasteiger partial charge >= 0.3 is 0 Å². The predicted octanol–water partition coefficient (Wildman–Crippen LogP) is 3.10. The van der Waals surface area contributed by atoms with Gasteiger partial charge in [0.2, 0.25) is 11.0 Å². The summed E-state index contributed by atoms with van der Waals surface area (Å²) in [4.78, 5) is 11.0. The lowest BCUT2D eigenvalue weighted by Gasteiger charge is -2.06. The molecule has 0 atom stereocenters. The van der Waals surface area contributed by atoms with Gasteiger partial charge in [0.1, 0.15) is 10.8 Å². The van der Waals surface area contributed by atoms with Crippen molar-refractivity contribution in [2.75, 3.05) is 10.0 Å². The van der Waals surface area contributed by atoms with E-state index >= 15 is 0 Å². The van der Waals surface area contributed by atoms with Crippen molar-refractivity contribution in [1.82, 2.24) is 10.2 Å². The Balaban J connectivity index is 1.77. The number of nitrogens with one attached hydrogen (secondary N) is 2. The first-order chi connectivity index (χ1) is 12.3. The van der Waals surface area contributed by atoms with E-state index in [9.17, 15) is 17.6 Å². The number of rotatable bonds is 5. The molecule has 0 fully saturated rings. The first-order valence-corrected chi connectivity index (χ1v) is 9.63. The largest absolute Gasteiger partial charge is 0.326 e. The smallest absolute Gasteiger partial charge is 0.263 e. The fourth-order valence-corrected chi connectivity index (χ4v) is 4.05. The fourth-order valence-electron chi connectivity index (χ4n) is 2.07. The van der Waals surface area contributed by atoms with Crippen molar-refractivity contribution in [1.29, 1.82) is 0 Å². The second kappa shape index (κ2) is 7.18. The highest BCUT2D eigenvalue weighted by Gasteiger charge is 2.17. The molecule has 134 valence electrons. The Bertz CT molecular complexity index is 1030. The molecule has 0 saturated heterocycles. The third kappa shape index (κ3) is 4.21. The molecular weight excluding hydrogens is 379 g/mol. The Morgan fingerprint density at radius 3 is 2.31 bits per heavy atom. The number of nitrogens with zero attached hydrogens (tertiary/aromatic N) is 2. The Kier molecular flexibility index (Phi) is 4.96. The topological polar surface area (TPSA) is 101 Å². The minimum absolute atomic E-state index is 0.0186. The van der Waals surface area contributed by atoms with Crippen LogP contribution in [0.25, 0.3) is 10.6 Å². The molecule has 7 nitrogen and oxygen atoms in total. The van der Waals surface area contributed by atoms with E-state index in [1.165, 1.54) is 55.5 Å². The summed E-state index contributed by atoms with van der Waals surface area (Å²) in [6.07, 6.45) is 0. The summed E-state index contributed by atoms with van der Waals surface area (Å²) in [6.45, 7) is 1.36. The van der Waals surface area contributed by atoms with Crippen LogP contribution in [0.1, 0.15) is 6.92 Å². The molecule has 0 spiro atoms. The third-order valence-corrected chi connectivity index (χ3v) is 5.59. The van der Waals surface area contributed by atoms with Crippen LogP contribution in [0.4, 0.5) is 15.2 Å². The van der Waals surface area contributed by atoms with Crippen molar-refractivity contribution >= 4 is 38.1 Å². The summed E-state index contributed by atoms with van der Waals surface area (Å²) in [7, 11) is -3.85. The van der Waals surface area contributed by atoms with Crippen LogP contribution in [0.2, 0.25) is 0 Å². The van der Waals surface area contributed by atoms with Crippen molar-refractivity contribution < 1.29 is 17.6 Å². The monoisotopic (exact) mass is 392 g/mol. The molecular formula is C16H13FN4O3S2. The summed E-state index contributed by atoms with van der Waals surface area (Å²) in [5, 5.41) is 10.8. The number of amides is 1. The van der Waals surface area contributed by atoms with E-state index in [1.54, 1.807) is 0 Å². The van der Waals surface area contributed by atoms with E-state index < -0.39 is 10.0 Å². The number of hydrogen-bond donors (Lipinski definition) is 2. The van der Waals surface area contributed by atoms with Crippen LogP contribution >= 0.6 is 11.3 Å². The molecule has 2 aromatic carbocycles. The van der Waals surface area contributed by atoms with Gasteiger partial charge in [-0.25, -0.2) is 12.8 Å². The van der Waals surface area contributed by atoms with Gasteiger partial charge in [-0.3, -0.25) is 9.52 Å². The zero-order chi connectivity index (χ0) is 18.7. The number of carbonyl (C=O) groups excluding carboxylic acids is 1. The Morgan fingerprint density at radius 1 is 1.04 bits per heavy atom. The zero-order valence-electron chi connectivity index (χ0n) is 13.4. The first kappa shape index (κ1) is 18.0. The summed E-state index contributed by atoms with van der Waals surface area (Å²) in [5.41, 5.74) is 1.12. The quantitative estimate of drug-likeness (QED) is 0.695. The first-order valence-electron chi connectivity index (χ1n) is 7.33. The van der Waals surface area contributed by atoms with Crippen LogP contribution in [-0.2, 0) is 14.8 Å². The zero-order valence-corrected chi connectivity index (χ0v) is 15.1. The summed E-state index contributed by atoms with van der Waals surface area (Å²) >= 11 is 1.03. The lowest BCUT2D eigenvalue weighted by atomic mass is 10.2. The van der Waals surface area contributed by atoms with Gasteiger partial charge in [0.25, 0.3) is 10.0 Å². The van der Waals surface area contributed by atoms with E-state index in [0.29, 0.717) is 16.3 Å². The van der Waals surface area contributed by atoms with Gasteiger partial charge in [0.05, 0.1) is 4.90 Å². The van der Waals surface area contributed by atoms with Crippen molar-refractivity contribution in [3.05, 3.63) is 54.3 Å². The fraction of sp³-hybridized carbons (Fsp3) is 0.0625. The second-order valence-electron chi connectivity index (χ2n) is 5.23. The maximum Gasteiger partial charge on any atom is 0.263 e. The molecule has 1 amide bonds. The lowest BCUT2D eigenvalue weighted by Crippen LogP contribution is -2.13. The van der Waals surface area contributed by atoms with Gasteiger partial charge in [-0.05, 0) is 48.5 Å². The van der Waals surface area contributed by atoms with Crippen molar-refractivity contribution in [3.8, 4) is 10.6 Å². The van der Waals surface area contributed by atoms with Crippen LogP contribution in [-0.4, -0.2) is 24.5 Å². The van der Waals surface area contributed by atoms with Gasteiger partial charge < -0.3 is 5.32 Å². The molecule has 1 aromatic heterocycles. The predicted molar refractivity (Wildman–Crippen MR) is 96.9 cm³/mol. The average Bonchev–Trinajstić information content (AvgIpc) is 3.03. The molecule has 0 radical (unpaired) electrons. The molecule has 0 bridgehead atoms. The molecule has 1 heterocycles. The number of benzene rings is 2. The van der Waals surface area contributed by atoms with Crippen LogP contribution < -0.4 is 10.0 Å². The minimum Gasteiger partial charge on any atom is -0.326 e. The minimum atomic E-state index is -3.85. The lowest BCUT2D eigenvalue weighted by molar-refractivity contribution is -0.114. The molecule has 10 heteroatoms. The van der Waals surface area contributed by atoms with E-state index in [4.69, 9.17) is 0 Å². The number of sulfonamides is 1. The maximum absolute atomic E-state index is 13.0.